The van der Waals surface area contributed by atoms with Crippen molar-refractivity contribution >= 4 is 11.9 Å². The van der Waals surface area contributed by atoms with Gasteiger partial charge in [-0.05, 0) is 12.8 Å². The van der Waals surface area contributed by atoms with Crippen molar-refractivity contribution < 1.29 is 14.4 Å². The van der Waals surface area contributed by atoms with Crippen LogP contribution in [0.5, 0.6) is 0 Å². The van der Waals surface area contributed by atoms with E-state index in [4.69, 9.17) is 4.52 Å². The summed E-state index contributed by atoms with van der Waals surface area (Å²) in [6.07, 6.45) is 6.68. The van der Waals surface area contributed by atoms with Gasteiger partial charge in [0.1, 0.15) is 0 Å². The number of nitrogens with zero attached hydrogens (tertiary/aromatic N) is 3. The molecule has 21 heavy (non-hydrogen) atoms. The molecular weight excluding hydrogens is 270 g/mol. The van der Waals surface area contributed by atoms with Gasteiger partial charge < -0.3 is 14.5 Å². The number of β-amino-alcohol motifs (C(OH)–C–C–N with tert-alkyl or cyclic N) is 1. The van der Waals surface area contributed by atoms with Crippen molar-refractivity contribution in [3.63, 3.8) is 0 Å². The Morgan fingerprint density at radius 1 is 1.43 bits per heavy atom. The van der Waals surface area contributed by atoms with Gasteiger partial charge >= 0.3 is 6.03 Å². The normalized spacial score (nSPS) is 23.9. The van der Waals surface area contributed by atoms with E-state index in [1.54, 1.807) is 12.1 Å². The minimum absolute atomic E-state index is 0.254. The van der Waals surface area contributed by atoms with Crippen LogP contribution >= 0.6 is 0 Å². The Bertz CT molecular complexity index is 522. The van der Waals surface area contributed by atoms with Gasteiger partial charge in [-0.3, -0.25) is 0 Å². The quantitative estimate of drug-likeness (QED) is 0.865. The molecule has 1 aliphatic carbocycles. The average Bonchev–Trinajstić information content (AvgIpc) is 3.06. The maximum atomic E-state index is 12.2. The SMILES string of the molecule is C=CCN1CC(O)N(c2cc(C3CCCCC3)no2)C1=O. The Morgan fingerprint density at radius 3 is 2.90 bits per heavy atom. The van der Waals surface area contributed by atoms with E-state index < -0.39 is 6.23 Å². The average molecular weight is 291 g/mol. The first kappa shape index (κ1) is 14.1. The number of aliphatic hydroxyl groups is 1. The summed E-state index contributed by atoms with van der Waals surface area (Å²) in [5, 5.41) is 14.2. The van der Waals surface area contributed by atoms with Gasteiger partial charge in [-0.15, -0.1) is 6.58 Å². The van der Waals surface area contributed by atoms with E-state index in [2.05, 4.69) is 11.7 Å². The van der Waals surface area contributed by atoms with Gasteiger partial charge in [-0.2, -0.15) is 0 Å². The number of aromatic nitrogens is 1. The van der Waals surface area contributed by atoms with Crippen molar-refractivity contribution in [3.8, 4) is 0 Å². The molecular formula is C15H21N3O3. The van der Waals surface area contributed by atoms with E-state index in [0.29, 0.717) is 18.3 Å². The van der Waals surface area contributed by atoms with E-state index in [9.17, 15) is 9.90 Å². The number of carbonyl (C=O) groups is 1. The maximum absolute atomic E-state index is 12.2. The smallest absolute Gasteiger partial charge is 0.329 e. The van der Waals surface area contributed by atoms with Crippen molar-refractivity contribution in [3.05, 3.63) is 24.4 Å². The number of anilines is 1. The Hall–Kier alpha value is -1.82. The fourth-order valence-electron chi connectivity index (χ4n) is 3.17. The third-order valence-corrected chi connectivity index (χ3v) is 4.28. The number of hydrogen-bond acceptors (Lipinski definition) is 4. The summed E-state index contributed by atoms with van der Waals surface area (Å²) in [4.78, 5) is 15.0. The highest BCUT2D eigenvalue weighted by atomic mass is 16.5. The molecule has 2 fully saturated rings. The van der Waals surface area contributed by atoms with E-state index in [-0.39, 0.29) is 12.6 Å². The number of rotatable bonds is 4. The molecule has 2 aliphatic rings. The molecule has 1 saturated heterocycles. The van der Waals surface area contributed by atoms with Crippen LogP contribution < -0.4 is 4.90 Å². The minimum atomic E-state index is -0.899. The molecule has 0 spiro atoms. The summed E-state index contributed by atoms with van der Waals surface area (Å²) in [5.41, 5.74) is 0.895. The van der Waals surface area contributed by atoms with Crippen LogP contribution in [0.15, 0.2) is 23.2 Å². The van der Waals surface area contributed by atoms with Crippen LogP contribution in [0, 0.1) is 0 Å². The second-order valence-corrected chi connectivity index (χ2v) is 5.75. The van der Waals surface area contributed by atoms with E-state index >= 15 is 0 Å². The molecule has 1 saturated carbocycles. The molecule has 6 heteroatoms. The molecule has 1 unspecified atom stereocenters. The highest BCUT2D eigenvalue weighted by Gasteiger charge is 2.39. The molecule has 6 nitrogen and oxygen atoms in total. The van der Waals surface area contributed by atoms with Crippen LogP contribution in [0.25, 0.3) is 0 Å². The zero-order chi connectivity index (χ0) is 14.8. The summed E-state index contributed by atoms with van der Waals surface area (Å²) in [7, 11) is 0. The number of aliphatic hydroxyl groups excluding tert-OH is 1. The zero-order valence-electron chi connectivity index (χ0n) is 12.1. The summed E-state index contributed by atoms with van der Waals surface area (Å²) >= 11 is 0. The molecule has 1 aromatic rings. The fourth-order valence-corrected chi connectivity index (χ4v) is 3.17. The van der Waals surface area contributed by atoms with E-state index in [0.717, 1.165) is 18.5 Å². The molecule has 2 amide bonds. The molecule has 1 atom stereocenters. The van der Waals surface area contributed by atoms with Crippen LogP contribution in [-0.2, 0) is 0 Å². The van der Waals surface area contributed by atoms with Gasteiger partial charge in [0, 0.05) is 18.5 Å². The molecule has 1 N–H and O–H groups in total. The summed E-state index contributed by atoms with van der Waals surface area (Å²) in [5.74, 6) is 0.745. The second-order valence-electron chi connectivity index (χ2n) is 5.75. The topological polar surface area (TPSA) is 69.8 Å². The van der Waals surface area contributed by atoms with Crippen molar-refractivity contribution in [2.45, 2.75) is 44.2 Å². The molecule has 0 radical (unpaired) electrons. The van der Waals surface area contributed by atoms with Gasteiger partial charge in [-0.25, -0.2) is 9.69 Å². The Kier molecular flexibility index (Phi) is 3.96. The first-order valence-corrected chi connectivity index (χ1v) is 7.54. The summed E-state index contributed by atoms with van der Waals surface area (Å²) in [6.45, 7) is 4.28. The minimum Gasteiger partial charge on any atom is -0.371 e. The largest absolute Gasteiger partial charge is 0.371 e. The van der Waals surface area contributed by atoms with Crippen LogP contribution in [0.4, 0.5) is 10.7 Å². The number of urea groups is 1. The zero-order valence-corrected chi connectivity index (χ0v) is 12.1. The molecule has 1 aromatic heterocycles. The third kappa shape index (κ3) is 2.68. The number of amides is 2. The van der Waals surface area contributed by atoms with Crippen molar-refractivity contribution in [1.29, 1.82) is 0 Å². The third-order valence-electron chi connectivity index (χ3n) is 4.28. The lowest BCUT2D eigenvalue weighted by Gasteiger charge is -2.18. The lowest BCUT2D eigenvalue weighted by Crippen LogP contribution is -2.34. The predicted molar refractivity (Wildman–Crippen MR) is 78.0 cm³/mol. The number of hydrogen-bond donors (Lipinski definition) is 1. The number of carbonyl (C=O) groups excluding carboxylic acids is 1. The molecule has 3 rings (SSSR count). The van der Waals surface area contributed by atoms with Crippen LogP contribution in [0.1, 0.15) is 43.7 Å². The van der Waals surface area contributed by atoms with E-state index in [1.165, 1.54) is 29.1 Å². The summed E-state index contributed by atoms with van der Waals surface area (Å²) < 4.78 is 5.31. The second kappa shape index (κ2) is 5.89. The van der Waals surface area contributed by atoms with Crippen molar-refractivity contribution in [2.75, 3.05) is 18.0 Å². The first-order valence-electron chi connectivity index (χ1n) is 7.54. The molecule has 114 valence electrons. The van der Waals surface area contributed by atoms with Crippen molar-refractivity contribution in [2.24, 2.45) is 0 Å². The van der Waals surface area contributed by atoms with Gasteiger partial charge in [0.15, 0.2) is 6.23 Å². The van der Waals surface area contributed by atoms with Crippen LogP contribution in [0.2, 0.25) is 0 Å². The highest BCUT2D eigenvalue weighted by molar-refractivity contribution is 5.93. The Morgan fingerprint density at radius 2 is 2.19 bits per heavy atom. The van der Waals surface area contributed by atoms with Crippen molar-refractivity contribution in [1.82, 2.24) is 10.1 Å². The molecule has 1 aliphatic heterocycles. The fraction of sp³-hybridized carbons (Fsp3) is 0.600. The maximum Gasteiger partial charge on any atom is 0.329 e. The highest BCUT2D eigenvalue weighted by Crippen LogP contribution is 2.34. The molecule has 0 bridgehead atoms. The van der Waals surface area contributed by atoms with Crippen LogP contribution in [0.3, 0.4) is 0 Å². The first-order chi connectivity index (χ1) is 10.2. The molecule has 0 aromatic carbocycles. The van der Waals surface area contributed by atoms with E-state index in [1.807, 2.05) is 0 Å². The van der Waals surface area contributed by atoms with Crippen LogP contribution in [-0.4, -0.2) is 40.5 Å². The Balaban J connectivity index is 1.76. The predicted octanol–water partition coefficient (Wildman–Crippen LogP) is 2.47. The van der Waals surface area contributed by atoms with Gasteiger partial charge in [-0.1, -0.05) is 30.5 Å². The monoisotopic (exact) mass is 291 g/mol. The van der Waals surface area contributed by atoms with Gasteiger partial charge in [0.25, 0.3) is 0 Å². The summed E-state index contributed by atoms with van der Waals surface area (Å²) in [6, 6.07) is 1.53. The Labute approximate surface area is 124 Å². The lowest BCUT2D eigenvalue weighted by molar-refractivity contribution is 0.176. The van der Waals surface area contributed by atoms with Gasteiger partial charge in [0.2, 0.25) is 5.88 Å². The van der Waals surface area contributed by atoms with Gasteiger partial charge in [0.05, 0.1) is 12.2 Å². The molecule has 2 heterocycles. The lowest BCUT2D eigenvalue weighted by atomic mass is 9.87. The standard InChI is InChI=1S/C15H21N3O3/c1-2-8-17-10-13(19)18(15(17)20)14-9-12(16-21-14)11-6-4-3-5-7-11/h2,9,11,13,19H,1,3-8,10H2.